The molecule has 0 saturated carbocycles. The average Bonchev–Trinajstić information content (AvgIpc) is 3.42. The van der Waals surface area contributed by atoms with Crippen molar-refractivity contribution in [1.82, 2.24) is 19.9 Å². The van der Waals surface area contributed by atoms with Crippen molar-refractivity contribution in [3.05, 3.63) is 46.7 Å². The van der Waals surface area contributed by atoms with E-state index in [9.17, 15) is 4.79 Å². The molecule has 8 heteroatoms. The third-order valence-electron chi connectivity index (χ3n) is 5.04. The van der Waals surface area contributed by atoms with Gasteiger partial charge in [0, 0.05) is 26.4 Å². The Bertz CT molecular complexity index is 992. The number of nitrogens with one attached hydrogen (secondary N) is 1. The van der Waals surface area contributed by atoms with Crippen molar-refractivity contribution in [3.8, 4) is 0 Å². The molecule has 1 amide bonds. The number of thiophene rings is 1. The maximum absolute atomic E-state index is 13.2. The number of amides is 1. The van der Waals surface area contributed by atoms with Gasteiger partial charge in [0.1, 0.15) is 0 Å². The number of hydrogen-bond donors (Lipinski definition) is 1. The molecule has 3 aromatic heterocycles. The monoisotopic (exact) mass is 427 g/mol. The van der Waals surface area contributed by atoms with Crippen molar-refractivity contribution in [3.63, 3.8) is 0 Å². The highest BCUT2D eigenvalue weighted by molar-refractivity contribution is 7.17. The molecule has 1 aliphatic heterocycles. The van der Waals surface area contributed by atoms with E-state index < -0.39 is 0 Å². The summed E-state index contributed by atoms with van der Waals surface area (Å²) in [5.74, 6) is 0.375. The summed E-state index contributed by atoms with van der Waals surface area (Å²) in [5, 5.41) is 5.32. The van der Waals surface area contributed by atoms with E-state index in [1.807, 2.05) is 56.2 Å². The molecule has 1 fully saturated rings. The molecule has 3 aromatic rings. The van der Waals surface area contributed by atoms with Crippen LogP contribution in [0.2, 0.25) is 0 Å². The molecule has 0 unspecified atom stereocenters. The molecule has 2 atom stereocenters. The molecule has 0 aliphatic carbocycles. The molecule has 4 heterocycles. The third kappa shape index (κ3) is 4.60. The number of fused-ring (bicyclic) bond motifs is 1. The zero-order valence-electron chi connectivity index (χ0n) is 18.2. The highest BCUT2D eigenvalue weighted by atomic mass is 32.1. The molecular formula is C22H29N5O2S. The summed E-state index contributed by atoms with van der Waals surface area (Å²) >= 11 is 1.51. The predicted molar refractivity (Wildman–Crippen MR) is 121 cm³/mol. The van der Waals surface area contributed by atoms with E-state index in [0.717, 1.165) is 27.9 Å². The maximum atomic E-state index is 13.2. The zero-order chi connectivity index (χ0) is 21.7. The van der Waals surface area contributed by atoms with Crippen LogP contribution in [0, 0.1) is 6.92 Å². The molecule has 1 N–H and O–H groups in total. The van der Waals surface area contributed by atoms with Crippen LogP contribution < -0.4 is 5.32 Å². The standard InChI is InChI=1S/C20H23N5O2S.C2H6/c1-12-11-28-18-16(12)23-20(22-13(2)15-6-4-5-8-21-15)24-17(18)19(26)25-9-7-14(10-25)27-3;1-2/h4-6,8,11,13-14H,7,9-10H2,1-3H3,(H,22,23,24);1-2H3/t13-,14+;/m0./s1. The molecule has 160 valence electrons. The lowest BCUT2D eigenvalue weighted by atomic mass is 10.2. The summed E-state index contributed by atoms with van der Waals surface area (Å²) in [5.41, 5.74) is 3.21. The fraction of sp³-hybridized carbons (Fsp3) is 0.455. The molecule has 7 nitrogen and oxygen atoms in total. The Morgan fingerprint density at radius 2 is 2.13 bits per heavy atom. The van der Waals surface area contributed by atoms with Crippen LogP contribution in [0.15, 0.2) is 29.8 Å². The highest BCUT2D eigenvalue weighted by Crippen LogP contribution is 2.30. The van der Waals surface area contributed by atoms with Gasteiger partial charge < -0.3 is 15.0 Å². The van der Waals surface area contributed by atoms with Gasteiger partial charge in [-0.05, 0) is 43.3 Å². The number of carbonyl (C=O) groups excluding carboxylic acids is 1. The predicted octanol–water partition coefficient (Wildman–Crippen LogP) is 4.45. The summed E-state index contributed by atoms with van der Waals surface area (Å²) < 4.78 is 6.23. The van der Waals surface area contributed by atoms with Gasteiger partial charge in [-0.3, -0.25) is 9.78 Å². The number of hydrogen-bond acceptors (Lipinski definition) is 7. The van der Waals surface area contributed by atoms with E-state index >= 15 is 0 Å². The van der Waals surface area contributed by atoms with E-state index in [0.29, 0.717) is 24.7 Å². The first-order chi connectivity index (χ1) is 14.6. The first kappa shape index (κ1) is 22.1. The second kappa shape index (κ2) is 9.95. The van der Waals surface area contributed by atoms with Gasteiger partial charge in [0.2, 0.25) is 5.95 Å². The van der Waals surface area contributed by atoms with Crippen LogP contribution in [-0.4, -0.2) is 52.1 Å². The number of likely N-dealkylation sites (tertiary alicyclic amines) is 1. The first-order valence-electron chi connectivity index (χ1n) is 10.3. The lowest BCUT2D eigenvalue weighted by Crippen LogP contribution is -2.31. The maximum Gasteiger partial charge on any atom is 0.274 e. The van der Waals surface area contributed by atoms with Gasteiger partial charge in [-0.1, -0.05) is 19.9 Å². The average molecular weight is 428 g/mol. The van der Waals surface area contributed by atoms with Gasteiger partial charge in [-0.15, -0.1) is 11.3 Å². The fourth-order valence-corrected chi connectivity index (χ4v) is 4.37. The van der Waals surface area contributed by atoms with Crippen LogP contribution in [0.5, 0.6) is 0 Å². The van der Waals surface area contributed by atoms with Crippen LogP contribution in [0.4, 0.5) is 5.95 Å². The highest BCUT2D eigenvalue weighted by Gasteiger charge is 2.30. The smallest absolute Gasteiger partial charge is 0.274 e. The van der Waals surface area contributed by atoms with E-state index in [1.165, 1.54) is 11.3 Å². The lowest BCUT2D eigenvalue weighted by Gasteiger charge is -2.18. The Morgan fingerprint density at radius 3 is 2.80 bits per heavy atom. The SMILES string of the molecule is CC.CO[C@@H]1CCN(C(=O)c2nc(N[C@@H](C)c3ccccn3)nc3c(C)csc23)C1. The van der Waals surface area contributed by atoms with E-state index in [-0.39, 0.29) is 18.1 Å². The van der Waals surface area contributed by atoms with Gasteiger partial charge in [-0.2, -0.15) is 0 Å². The third-order valence-corrected chi connectivity index (χ3v) is 6.13. The van der Waals surface area contributed by atoms with Gasteiger partial charge in [0.25, 0.3) is 5.91 Å². The Labute approximate surface area is 181 Å². The van der Waals surface area contributed by atoms with Crippen LogP contribution in [-0.2, 0) is 4.74 Å². The van der Waals surface area contributed by atoms with Gasteiger partial charge >= 0.3 is 0 Å². The zero-order valence-corrected chi connectivity index (χ0v) is 19.0. The molecule has 0 radical (unpaired) electrons. The normalized spacial score (nSPS) is 16.8. The number of carbonyl (C=O) groups is 1. The van der Waals surface area contributed by atoms with Crippen molar-refractivity contribution in [1.29, 1.82) is 0 Å². The topological polar surface area (TPSA) is 80.2 Å². The minimum Gasteiger partial charge on any atom is -0.380 e. The summed E-state index contributed by atoms with van der Waals surface area (Å²) in [4.78, 5) is 28.7. The van der Waals surface area contributed by atoms with Crippen LogP contribution >= 0.6 is 11.3 Å². The van der Waals surface area contributed by atoms with E-state index in [4.69, 9.17) is 4.74 Å². The molecule has 1 aliphatic rings. The van der Waals surface area contributed by atoms with E-state index in [2.05, 4.69) is 20.3 Å². The van der Waals surface area contributed by atoms with Crippen LogP contribution in [0.25, 0.3) is 10.2 Å². The Morgan fingerprint density at radius 1 is 1.33 bits per heavy atom. The number of methoxy groups -OCH3 is 1. The molecule has 30 heavy (non-hydrogen) atoms. The summed E-state index contributed by atoms with van der Waals surface area (Å²) in [6, 6.07) is 5.70. The quantitative estimate of drug-likeness (QED) is 0.648. The summed E-state index contributed by atoms with van der Waals surface area (Å²) in [6.45, 7) is 9.28. The van der Waals surface area contributed by atoms with Crippen molar-refractivity contribution in [2.75, 3.05) is 25.5 Å². The number of nitrogens with zero attached hydrogens (tertiary/aromatic N) is 4. The minimum absolute atomic E-state index is 0.0673. The minimum atomic E-state index is -0.0785. The number of ether oxygens (including phenoxy) is 1. The summed E-state index contributed by atoms with van der Waals surface area (Å²) in [6.07, 6.45) is 2.70. The molecule has 0 spiro atoms. The second-order valence-corrected chi connectivity index (χ2v) is 7.89. The number of aryl methyl sites for hydroxylation is 1. The molecular weight excluding hydrogens is 398 g/mol. The van der Waals surface area contributed by atoms with Crippen molar-refractivity contribution in [2.24, 2.45) is 0 Å². The molecule has 4 rings (SSSR count). The largest absolute Gasteiger partial charge is 0.380 e. The van der Waals surface area contributed by atoms with Crippen LogP contribution in [0.1, 0.15) is 55.0 Å². The number of rotatable bonds is 5. The Hall–Kier alpha value is -2.58. The number of pyridine rings is 1. The first-order valence-corrected chi connectivity index (χ1v) is 11.2. The molecule has 0 bridgehead atoms. The Balaban J connectivity index is 0.00000124. The Kier molecular flexibility index (Phi) is 7.33. The number of aromatic nitrogens is 3. The molecule has 1 saturated heterocycles. The van der Waals surface area contributed by atoms with Crippen molar-refractivity contribution >= 4 is 33.4 Å². The van der Waals surface area contributed by atoms with Gasteiger partial charge in [0.15, 0.2) is 5.69 Å². The van der Waals surface area contributed by atoms with Crippen molar-refractivity contribution < 1.29 is 9.53 Å². The second-order valence-electron chi connectivity index (χ2n) is 7.01. The fourth-order valence-electron chi connectivity index (χ4n) is 3.40. The summed E-state index contributed by atoms with van der Waals surface area (Å²) in [7, 11) is 1.69. The number of anilines is 1. The van der Waals surface area contributed by atoms with Gasteiger partial charge in [0.05, 0.1) is 28.1 Å². The van der Waals surface area contributed by atoms with E-state index in [1.54, 1.807) is 13.3 Å². The molecule has 0 aromatic carbocycles. The van der Waals surface area contributed by atoms with Crippen molar-refractivity contribution in [2.45, 2.75) is 46.3 Å². The lowest BCUT2D eigenvalue weighted by molar-refractivity contribution is 0.0721. The van der Waals surface area contributed by atoms with Gasteiger partial charge in [-0.25, -0.2) is 9.97 Å². The van der Waals surface area contributed by atoms with Crippen LogP contribution in [0.3, 0.4) is 0 Å².